The van der Waals surface area contributed by atoms with Gasteiger partial charge in [0.25, 0.3) is 0 Å². The van der Waals surface area contributed by atoms with E-state index in [2.05, 4.69) is 18.2 Å². The highest BCUT2D eigenvalue weighted by atomic mass is 16.5. The van der Waals surface area contributed by atoms with Gasteiger partial charge in [-0.1, -0.05) is 35.8 Å². The summed E-state index contributed by atoms with van der Waals surface area (Å²) in [5.74, 6) is 1.57. The van der Waals surface area contributed by atoms with Gasteiger partial charge in [-0.25, -0.2) is 0 Å². The second-order valence-electron chi connectivity index (χ2n) is 5.77. The number of ether oxygens (including phenoxy) is 1. The first kappa shape index (κ1) is 14.7. The Morgan fingerprint density at radius 3 is 2.55 bits per heavy atom. The lowest BCUT2D eigenvalue weighted by Crippen LogP contribution is -2.24. The first-order valence-electron chi connectivity index (χ1n) is 7.40. The third-order valence-corrected chi connectivity index (χ3v) is 4.31. The van der Waals surface area contributed by atoms with E-state index in [0.717, 1.165) is 40.7 Å². The molecule has 110 valence electrons. The molecule has 0 bridgehead atoms. The van der Waals surface area contributed by atoms with Crippen LogP contribution in [0, 0.1) is 6.92 Å². The maximum absolute atomic E-state index is 6.01. The Balaban J connectivity index is 2.18. The molecule has 0 aliphatic carbocycles. The molecule has 2 radical (unpaired) electrons. The van der Waals surface area contributed by atoms with Gasteiger partial charge in [-0.15, -0.1) is 0 Å². The molecular formula is C18H19BN2O. The number of benzene rings is 2. The van der Waals surface area contributed by atoms with Gasteiger partial charge in [-0.2, -0.15) is 0 Å². The maximum atomic E-state index is 6.01. The van der Waals surface area contributed by atoms with Gasteiger partial charge >= 0.3 is 0 Å². The van der Waals surface area contributed by atoms with Crippen LogP contribution in [0.5, 0.6) is 5.75 Å². The second-order valence-corrected chi connectivity index (χ2v) is 5.77. The summed E-state index contributed by atoms with van der Waals surface area (Å²) in [7, 11) is 7.66. The predicted octanol–water partition coefficient (Wildman–Crippen LogP) is 2.19. The minimum atomic E-state index is -0.448. The number of nitrogens with two attached hydrogens (primary N) is 1. The topological polar surface area (TPSA) is 47.6 Å². The Hall–Kier alpha value is -2.23. The number of amidine groups is 1. The van der Waals surface area contributed by atoms with Crippen LogP contribution in [0.1, 0.15) is 29.5 Å². The molecule has 3 nitrogen and oxygen atoms in total. The fourth-order valence-corrected chi connectivity index (χ4v) is 3.18. The average Bonchev–Trinajstić information content (AvgIpc) is 2.90. The Kier molecular flexibility index (Phi) is 3.69. The molecule has 0 aromatic heterocycles. The lowest BCUT2D eigenvalue weighted by molar-refractivity contribution is 0.411. The monoisotopic (exact) mass is 290 g/mol. The highest BCUT2D eigenvalue weighted by Gasteiger charge is 2.38. The van der Waals surface area contributed by atoms with Gasteiger partial charge in [0.05, 0.1) is 12.9 Å². The molecule has 0 spiro atoms. The van der Waals surface area contributed by atoms with Crippen molar-refractivity contribution in [1.29, 1.82) is 0 Å². The fraction of sp³-hybridized carbons (Fsp3) is 0.278. The standard InChI is InChI=1S/C18H19BN2O/c1-12-10-14(6-7-16(12)22-2)18(9-8-17(20)21-18)13-4-3-5-15(19)11-13/h3-7,10-11H,8-9H2,1-2H3,(H2,20,21). The summed E-state index contributed by atoms with van der Waals surface area (Å²) in [4.78, 5) is 4.80. The van der Waals surface area contributed by atoms with Gasteiger partial charge < -0.3 is 10.5 Å². The van der Waals surface area contributed by atoms with E-state index in [1.54, 1.807) is 7.11 Å². The summed E-state index contributed by atoms with van der Waals surface area (Å²) in [6.07, 6.45) is 1.65. The third-order valence-electron chi connectivity index (χ3n) is 4.31. The van der Waals surface area contributed by atoms with Crippen LogP contribution in [0.2, 0.25) is 0 Å². The summed E-state index contributed by atoms with van der Waals surface area (Å²) in [6.45, 7) is 2.04. The Morgan fingerprint density at radius 2 is 1.95 bits per heavy atom. The number of rotatable bonds is 3. The van der Waals surface area contributed by atoms with E-state index in [-0.39, 0.29) is 0 Å². The van der Waals surface area contributed by atoms with Crippen molar-refractivity contribution in [3.63, 3.8) is 0 Å². The quantitative estimate of drug-likeness (QED) is 0.881. The summed E-state index contributed by atoms with van der Waals surface area (Å²) in [5, 5.41) is 0. The second kappa shape index (κ2) is 5.52. The minimum absolute atomic E-state index is 0.448. The van der Waals surface area contributed by atoms with E-state index in [4.69, 9.17) is 23.3 Å². The van der Waals surface area contributed by atoms with E-state index >= 15 is 0 Å². The fourth-order valence-electron chi connectivity index (χ4n) is 3.18. The van der Waals surface area contributed by atoms with Gasteiger partial charge in [0.1, 0.15) is 19.1 Å². The highest BCUT2D eigenvalue weighted by molar-refractivity contribution is 6.32. The van der Waals surface area contributed by atoms with Crippen LogP contribution in [0.25, 0.3) is 0 Å². The summed E-state index contributed by atoms with van der Waals surface area (Å²) in [5.41, 5.74) is 9.59. The lowest BCUT2D eigenvalue weighted by Gasteiger charge is -2.28. The molecule has 2 aromatic carbocycles. The van der Waals surface area contributed by atoms with Crippen molar-refractivity contribution >= 4 is 19.1 Å². The molecule has 1 atom stereocenters. The molecule has 2 aromatic rings. The van der Waals surface area contributed by atoms with E-state index < -0.39 is 5.54 Å². The zero-order valence-corrected chi connectivity index (χ0v) is 13.0. The van der Waals surface area contributed by atoms with Gasteiger partial charge in [0, 0.05) is 6.42 Å². The molecule has 2 N–H and O–H groups in total. The van der Waals surface area contributed by atoms with E-state index in [0.29, 0.717) is 5.84 Å². The molecule has 1 aliphatic rings. The predicted molar refractivity (Wildman–Crippen MR) is 91.2 cm³/mol. The normalized spacial score (nSPS) is 20.7. The van der Waals surface area contributed by atoms with Gasteiger partial charge in [-0.3, -0.25) is 4.99 Å². The Morgan fingerprint density at radius 1 is 1.18 bits per heavy atom. The smallest absolute Gasteiger partial charge is 0.121 e. The molecule has 1 unspecified atom stereocenters. The zero-order valence-electron chi connectivity index (χ0n) is 13.0. The van der Waals surface area contributed by atoms with Crippen LogP contribution in [0.15, 0.2) is 47.5 Å². The SMILES string of the molecule is [B]c1cccc(C2(c3ccc(OC)c(C)c3)CCC(N)=N2)c1. The van der Waals surface area contributed by atoms with Gasteiger partial charge in [0.2, 0.25) is 0 Å². The van der Waals surface area contributed by atoms with E-state index in [9.17, 15) is 0 Å². The first-order valence-corrected chi connectivity index (χ1v) is 7.40. The van der Waals surface area contributed by atoms with Crippen molar-refractivity contribution in [2.75, 3.05) is 7.11 Å². The largest absolute Gasteiger partial charge is 0.496 e. The molecule has 0 fully saturated rings. The van der Waals surface area contributed by atoms with Crippen molar-refractivity contribution < 1.29 is 4.74 Å². The summed E-state index contributed by atoms with van der Waals surface area (Å²) in [6, 6.07) is 14.1. The van der Waals surface area contributed by atoms with Gasteiger partial charge in [0.15, 0.2) is 0 Å². The molecular weight excluding hydrogens is 271 g/mol. The van der Waals surface area contributed by atoms with Crippen LogP contribution < -0.4 is 15.9 Å². The van der Waals surface area contributed by atoms with Crippen molar-refractivity contribution in [3.05, 3.63) is 59.2 Å². The van der Waals surface area contributed by atoms with Crippen LogP contribution in [0.3, 0.4) is 0 Å². The van der Waals surface area contributed by atoms with Crippen molar-refractivity contribution in [2.45, 2.75) is 25.3 Å². The van der Waals surface area contributed by atoms with Gasteiger partial charge in [-0.05, 0) is 42.2 Å². The number of aliphatic imine (C=N–C) groups is 1. The Labute approximate surface area is 132 Å². The molecule has 0 amide bonds. The number of aryl methyl sites for hydroxylation is 1. The number of hydrogen-bond donors (Lipinski definition) is 1. The third kappa shape index (κ3) is 2.39. The van der Waals surface area contributed by atoms with Crippen molar-refractivity contribution in [3.8, 4) is 5.75 Å². The highest BCUT2D eigenvalue weighted by Crippen LogP contribution is 2.42. The van der Waals surface area contributed by atoms with Crippen molar-refractivity contribution in [2.24, 2.45) is 10.7 Å². The maximum Gasteiger partial charge on any atom is 0.121 e. The van der Waals surface area contributed by atoms with Crippen LogP contribution in [-0.4, -0.2) is 20.8 Å². The molecule has 0 saturated carbocycles. The Bertz CT molecular complexity index is 742. The lowest BCUT2D eigenvalue weighted by atomic mass is 9.79. The molecule has 1 aliphatic heterocycles. The van der Waals surface area contributed by atoms with Crippen molar-refractivity contribution in [1.82, 2.24) is 0 Å². The average molecular weight is 290 g/mol. The number of methoxy groups -OCH3 is 1. The number of nitrogens with zero attached hydrogens (tertiary/aromatic N) is 1. The number of hydrogen-bond acceptors (Lipinski definition) is 3. The van der Waals surface area contributed by atoms with E-state index in [1.807, 2.05) is 31.2 Å². The summed E-state index contributed by atoms with van der Waals surface area (Å²) >= 11 is 0. The molecule has 0 saturated heterocycles. The van der Waals surface area contributed by atoms with Crippen LogP contribution in [-0.2, 0) is 5.54 Å². The first-order chi connectivity index (χ1) is 10.5. The van der Waals surface area contributed by atoms with E-state index in [1.165, 1.54) is 0 Å². The summed E-state index contributed by atoms with van der Waals surface area (Å²) < 4.78 is 5.36. The molecule has 22 heavy (non-hydrogen) atoms. The molecule has 4 heteroatoms. The van der Waals surface area contributed by atoms with Crippen LogP contribution in [0.4, 0.5) is 0 Å². The molecule has 3 rings (SSSR count). The molecule has 1 heterocycles. The minimum Gasteiger partial charge on any atom is -0.496 e. The van der Waals surface area contributed by atoms with Crippen LogP contribution >= 0.6 is 0 Å². The zero-order chi connectivity index (χ0) is 15.7.